The summed E-state index contributed by atoms with van der Waals surface area (Å²) in [6, 6.07) is 20.9. The number of ether oxygens (including phenoxy) is 1. The van der Waals surface area contributed by atoms with E-state index in [1.54, 1.807) is 42.6 Å². The first-order valence-electron chi connectivity index (χ1n) is 12.1. The Morgan fingerprint density at radius 1 is 1.03 bits per heavy atom. The molecule has 1 unspecified atom stereocenters. The van der Waals surface area contributed by atoms with Gasteiger partial charge in [-0.2, -0.15) is 13.2 Å². The summed E-state index contributed by atoms with van der Waals surface area (Å²) >= 11 is 1.00. The molecule has 2 fully saturated rings. The monoisotopic (exact) mass is 541 g/mol. The van der Waals surface area contributed by atoms with Gasteiger partial charge in [-0.1, -0.05) is 41.9 Å². The molecule has 5 rings (SSSR count). The van der Waals surface area contributed by atoms with E-state index >= 15 is 0 Å². The summed E-state index contributed by atoms with van der Waals surface area (Å²) in [6.45, 7) is 2.24. The van der Waals surface area contributed by atoms with Crippen molar-refractivity contribution in [1.29, 1.82) is 0 Å². The van der Waals surface area contributed by atoms with Gasteiger partial charge in [0.15, 0.2) is 5.17 Å². The Morgan fingerprint density at radius 3 is 2.50 bits per heavy atom. The quantitative estimate of drug-likeness (QED) is 0.409. The molecule has 2 aromatic heterocycles. The second kappa shape index (κ2) is 11.4. The Labute approximate surface area is 223 Å². The Balaban J connectivity index is 1.30. The van der Waals surface area contributed by atoms with E-state index in [1.807, 2.05) is 29.2 Å². The van der Waals surface area contributed by atoms with Gasteiger partial charge in [0.2, 0.25) is 0 Å². The molecule has 38 heavy (non-hydrogen) atoms. The fraction of sp³-hybridized carbons (Fsp3) is 0.333. The zero-order chi connectivity index (χ0) is 26.4. The average molecular weight is 542 g/mol. The molecule has 0 amide bonds. The molecule has 1 aromatic carbocycles. The molecule has 2 aliphatic rings. The van der Waals surface area contributed by atoms with Gasteiger partial charge in [0.05, 0.1) is 24.2 Å². The van der Waals surface area contributed by atoms with Crippen LogP contribution in [0.1, 0.15) is 5.76 Å². The van der Waals surface area contributed by atoms with Crippen LogP contribution in [0.15, 0.2) is 82.5 Å². The number of hydrogen-bond donors (Lipinski definition) is 0. The molecule has 0 spiro atoms. The number of aromatic nitrogens is 1. The van der Waals surface area contributed by atoms with Crippen molar-refractivity contribution in [3.8, 4) is 12.0 Å². The van der Waals surface area contributed by atoms with Crippen molar-refractivity contribution in [3.05, 3.63) is 78.9 Å². The van der Waals surface area contributed by atoms with Crippen molar-refractivity contribution < 1.29 is 22.3 Å². The lowest BCUT2D eigenvalue weighted by atomic mass is 10.2. The average Bonchev–Trinajstić information content (AvgIpc) is 3.57. The number of alkyl halides is 3. The molecular weight excluding hydrogens is 515 g/mol. The summed E-state index contributed by atoms with van der Waals surface area (Å²) < 4.78 is 54.9. The van der Waals surface area contributed by atoms with Gasteiger partial charge in [0, 0.05) is 38.4 Å². The number of anilines is 1. The van der Waals surface area contributed by atoms with Crippen LogP contribution in [0.5, 0.6) is 0 Å². The topological polar surface area (TPSA) is 57.3 Å². The molecule has 0 aliphatic carbocycles. The number of amidine groups is 1. The highest BCUT2D eigenvalue weighted by Gasteiger charge is 2.64. The summed E-state index contributed by atoms with van der Waals surface area (Å²) in [7, 11) is 0. The van der Waals surface area contributed by atoms with E-state index < -0.39 is 11.9 Å². The van der Waals surface area contributed by atoms with E-state index in [9.17, 15) is 13.2 Å². The third-order valence-electron chi connectivity index (χ3n) is 6.25. The standard InChI is InChI=1S/C27H26F3N5O2S/c28-27(29,30)26(37-19-7-13-33-14-16-34(17-15-33)24-11-4-5-12-31-24)21-38-25(32-22-8-2-1-3-9-22)35(26)20-23-10-6-18-36-23/h1-6,8-12,18H,14-17,19-21H2. The maximum atomic E-state index is 14.7. The molecular formula is C27H26F3N5O2S. The number of para-hydroxylation sites is 1. The van der Waals surface area contributed by atoms with Crippen molar-refractivity contribution in [2.45, 2.75) is 18.4 Å². The number of furan rings is 1. The first kappa shape index (κ1) is 26.0. The largest absolute Gasteiger partial charge is 0.467 e. The molecule has 2 saturated heterocycles. The second-order valence-electron chi connectivity index (χ2n) is 8.71. The maximum Gasteiger partial charge on any atom is 0.437 e. The van der Waals surface area contributed by atoms with Crippen LogP contribution in [-0.2, 0) is 11.3 Å². The summed E-state index contributed by atoms with van der Waals surface area (Å²) in [5, 5.41) is 0.212. The fourth-order valence-electron chi connectivity index (χ4n) is 4.26. The van der Waals surface area contributed by atoms with Crippen LogP contribution in [-0.4, -0.2) is 70.4 Å². The third kappa shape index (κ3) is 5.76. The van der Waals surface area contributed by atoms with Crippen molar-refractivity contribution in [2.24, 2.45) is 4.99 Å². The van der Waals surface area contributed by atoms with Gasteiger partial charge in [-0.05, 0) is 36.4 Å². The molecule has 0 N–H and O–H groups in total. The van der Waals surface area contributed by atoms with Crippen LogP contribution in [0.4, 0.5) is 24.7 Å². The van der Waals surface area contributed by atoms with E-state index in [2.05, 4.69) is 26.8 Å². The number of rotatable bonds is 6. The van der Waals surface area contributed by atoms with Crippen molar-refractivity contribution in [1.82, 2.24) is 14.8 Å². The van der Waals surface area contributed by atoms with Gasteiger partial charge in [-0.25, -0.2) is 9.98 Å². The molecule has 0 saturated carbocycles. The lowest BCUT2D eigenvalue weighted by Crippen LogP contribution is -2.59. The minimum Gasteiger partial charge on any atom is -0.467 e. The fourth-order valence-corrected chi connectivity index (χ4v) is 5.52. The van der Waals surface area contributed by atoms with Crippen LogP contribution in [0.2, 0.25) is 0 Å². The molecule has 1 atom stereocenters. The highest BCUT2D eigenvalue weighted by atomic mass is 32.2. The SMILES string of the molecule is FC(F)(F)C1(OCC#CN2CCN(c3ccccn3)CC2)CSC(=Nc2ccccc2)N1Cc1ccco1. The molecule has 3 aromatic rings. The van der Waals surface area contributed by atoms with E-state index in [4.69, 9.17) is 9.15 Å². The van der Waals surface area contributed by atoms with Gasteiger partial charge >= 0.3 is 6.18 Å². The van der Waals surface area contributed by atoms with Crippen molar-refractivity contribution >= 4 is 28.4 Å². The van der Waals surface area contributed by atoms with E-state index in [-0.39, 0.29) is 24.1 Å². The number of thioether (sulfide) groups is 1. The maximum absolute atomic E-state index is 14.7. The minimum atomic E-state index is -4.70. The van der Waals surface area contributed by atoms with Gasteiger partial charge < -0.3 is 23.9 Å². The normalized spacial score (nSPS) is 21.0. The third-order valence-corrected chi connectivity index (χ3v) is 7.36. The number of aliphatic imine (C=N–C) groups is 1. The van der Waals surface area contributed by atoms with Crippen LogP contribution in [0.3, 0.4) is 0 Å². The number of halogens is 3. The highest BCUT2D eigenvalue weighted by Crippen LogP contribution is 2.46. The number of piperazine rings is 1. The summed E-state index contributed by atoms with van der Waals surface area (Å²) in [6.07, 6.45) is -1.51. The summed E-state index contributed by atoms with van der Waals surface area (Å²) in [4.78, 5) is 14.0. The predicted octanol–water partition coefficient (Wildman–Crippen LogP) is 4.97. The number of pyridine rings is 1. The van der Waals surface area contributed by atoms with Gasteiger partial charge in [0.1, 0.15) is 18.2 Å². The zero-order valence-electron chi connectivity index (χ0n) is 20.5. The van der Waals surface area contributed by atoms with E-state index in [0.717, 1.165) is 35.6 Å². The molecule has 0 radical (unpaired) electrons. The number of hydrogen-bond acceptors (Lipinski definition) is 7. The van der Waals surface area contributed by atoms with Gasteiger partial charge in [-0.3, -0.25) is 0 Å². The smallest absolute Gasteiger partial charge is 0.437 e. The molecule has 7 nitrogen and oxygen atoms in total. The number of nitrogens with zero attached hydrogens (tertiary/aromatic N) is 5. The van der Waals surface area contributed by atoms with Crippen LogP contribution in [0, 0.1) is 12.0 Å². The Morgan fingerprint density at radius 2 is 1.82 bits per heavy atom. The van der Waals surface area contributed by atoms with E-state index in [0.29, 0.717) is 24.5 Å². The highest BCUT2D eigenvalue weighted by molar-refractivity contribution is 8.14. The van der Waals surface area contributed by atoms with Crippen LogP contribution < -0.4 is 4.90 Å². The van der Waals surface area contributed by atoms with Crippen molar-refractivity contribution in [3.63, 3.8) is 0 Å². The second-order valence-corrected chi connectivity index (χ2v) is 9.65. The van der Waals surface area contributed by atoms with E-state index in [1.165, 1.54) is 6.26 Å². The molecule has 198 valence electrons. The molecule has 4 heterocycles. The van der Waals surface area contributed by atoms with Crippen LogP contribution >= 0.6 is 11.8 Å². The Kier molecular flexibility index (Phi) is 7.81. The first-order valence-corrected chi connectivity index (χ1v) is 13.1. The Hall–Kier alpha value is -3.62. The lowest BCUT2D eigenvalue weighted by Gasteiger charge is -2.38. The molecule has 11 heteroatoms. The van der Waals surface area contributed by atoms with Crippen LogP contribution in [0.25, 0.3) is 0 Å². The molecule has 0 bridgehead atoms. The first-order chi connectivity index (χ1) is 18.4. The zero-order valence-corrected chi connectivity index (χ0v) is 21.3. The molecule has 2 aliphatic heterocycles. The van der Waals surface area contributed by atoms with Gasteiger partial charge in [-0.15, -0.1) is 0 Å². The lowest BCUT2D eigenvalue weighted by molar-refractivity contribution is -0.305. The summed E-state index contributed by atoms with van der Waals surface area (Å²) in [5.41, 5.74) is -2.04. The Bertz CT molecular complexity index is 1270. The minimum absolute atomic E-state index is 0.145. The summed E-state index contributed by atoms with van der Waals surface area (Å²) in [5.74, 6) is 3.71. The number of benzene rings is 1. The van der Waals surface area contributed by atoms with Gasteiger partial charge in [0.25, 0.3) is 5.72 Å². The van der Waals surface area contributed by atoms with Crippen molar-refractivity contribution in [2.75, 3.05) is 43.4 Å². The predicted molar refractivity (Wildman–Crippen MR) is 141 cm³/mol.